The SMILES string of the molecule is COC(=O)CCNC(=O)N1CCOC(CC(=O)O)C1. The van der Waals surface area contributed by atoms with Crippen molar-refractivity contribution in [1.82, 2.24) is 10.2 Å². The van der Waals surface area contributed by atoms with Crippen LogP contribution in [0.2, 0.25) is 0 Å². The van der Waals surface area contributed by atoms with Crippen LogP contribution in [0.5, 0.6) is 0 Å². The van der Waals surface area contributed by atoms with Gasteiger partial charge in [-0.2, -0.15) is 0 Å². The van der Waals surface area contributed by atoms with E-state index in [4.69, 9.17) is 9.84 Å². The Morgan fingerprint density at radius 2 is 2.21 bits per heavy atom. The minimum absolute atomic E-state index is 0.102. The van der Waals surface area contributed by atoms with Crippen molar-refractivity contribution in [3.05, 3.63) is 0 Å². The van der Waals surface area contributed by atoms with Gasteiger partial charge in [0.05, 0.1) is 32.7 Å². The summed E-state index contributed by atoms with van der Waals surface area (Å²) in [4.78, 5) is 34.7. The van der Waals surface area contributed by atoms with Crippen LogP contribution in [-0.2, 0) is 19.1 Å². The number of carbonyl (C=O) groups excluding carboxylic acids is 2. The number of rotatable bonds is 5. The summed E-state index contributed by atoms with van der Waals surface area (Å²) < 4.78 is 9.70. The number of hydrogen-bond acceptors (Lipinski definition) is 5. The summed E-state index contributed by atoms with van der Waals surface area (Å²) in [7, 11) is 1.28. The highest BCUT2D eigenvalue weighted by atomic mass is 16.5. The monoisotopic (exact) mass is 274 g/mol. The van der Waals surface area contributed by atoms with Crippen molar-refractivity contribution in [2.45, 2.75) is 18.9 Å². The number of urea groups is 1. The third-order valence-corrected chi connectivity index (χ3v) is 2.66. The normalized spacial score (nSPS) is 18.8. The van der Waals surface area contributed by atoms with E-state index in [2.05, 4.69) is 10.1 Å². The fourth-order valence-corrected chi connectivity index (χ4v) is 1.71. The second kappa shape index (κ2) is 7.57. The average Bonchev–Trinajstić information content (AvgIpc) is 2.37. The minimum atomic E-state index is -0.960. The van der Waals surface area contributed by atoms with Crippen molar-refractivity contribution in [1.29, 1.82) is 0 Å². The molecular formula is C11H18N2O6. The van der Waals surface area contributed by atoms with Crippen LogP contribution in [0.1, 0.15) is 12.8 Å². The smallest absolute Gasteiger partial charge is 0.317 e. The van der Waals surface area contributed by atoms with Crippen LogP contribution < -0.4 is 5.32 Å². The first-order valence-electron chi connectivity index (χ1n) is 5.96. The van der Waals surface area contributed by atoms with Gasteiger partial charge >= 0.3 is 18.0 Å². The van der Waals surface area contributed by atoms with Gasteiger partial charge in [-0.05, 0) is 0 Å². The number of hydrogen-bond donors (Lipinski definition) is 2. The Kier molecular flexibility index (Phi) is 6.07. The number of nitrogens with zero attached hydrogens (tertiary/aromatic N) is 1. The molecule has 1 rings (SSSR count). The van der Waals surface area contributed by atoms with Crippen LogP contribution in [0.3, 0.4) is 0 Å². The van der Waals surface area contributed by atoms with E-state index in [1.807, 2.05) is 0 Å². The third-order valence-electron chi connectivity index (χ3n) is 2.66. The highest BCUT2D eigenvalue weighted by Gasteiger charge is 2.25. The van der Waals surface area contributed by atoms with Crippen molar-refractivity contribution in [2.75, 3.05) is 33.4 Å². The number of nitrogens with one attached hydrogen (secondary N) is 1. The number of ether oxygens (including phenoxy) is 2. The molecule has 1 fully saturated rings. The molecule has 1 heterocycles. The van der Waals surface area contributed by atoms with E-state index in [0.717, 1.165) is 0 Å². The van der Waals surface area contributed by atoms with Gasteiger partial charge in [-0.3, -0.25) is 9.59 Å². The lowest BCUT2D eigenvalue weighted by Crippen LogP contribution is -2.50. The zero-order valence-electron chi connectivity index (χ0n) is 10.8. The van der Waals surface area contributed by atoms with Gasteiger partial charge in [-0.15, -0.1) is 0 Å². The quantitative estimate of drug-likeness (QED) is 0.651. The molecule has 1 aliphatic rings. The summed E-state index contributed by atoms with van der Waals surface area (Å²) in [6.07, 6.45) is -0.519. The Hall–Kier alpha value is -1.83. The van der Waals surface area contributed by atoms with Crippen LogP contribution >= 0.6 is 0 Å². The number of carbonyl (C=O) groups is 3. The number of esters is 1. The van der Waals surface area contributed by atoms with Gasteiger partial charge < -0.3 is 24.8 Å². The molecule has 2 N–H and O–H groups in total. The van der Waals surface area contributed by atoms with Gasteiger partial charge in [-0.25, -0.2) is 4.79 Å². The number of aliphatic carboxylic acids is 1. The van der Waals surface area contributed by atoms with Gasteiger partial charge in [0.2, 0.25) is 0 Å². The predicted octanol–water partition coefficient (Wildman–Crippen LogP) is -0.565. The van der Waals surface area contributed by atoms with E-state index in [9.17, 15) is 14.4 Å². The van der Waals surface area contributed by atoms with Gasteiger partial charge in [0.25, 0.3) is 0 Å². The van der Waals surface area contributed by atoms with Crippen molar-refractivity contribution in [3.8, 4) is 0 Å². The molecular weight excluding hydrogens is 256 g/mol. The lowest BCUT2D eigenvalue weighted by atomic mass is 10.2. The van der Waals surface area contributed by atoms with Crippen molar-refractivity contribution in [2.24, 2.45) is 0 Å². The Morgan fingerprint density at radius 3 is 2.84 bits per heavy atom. The topological polar surface area (TPSA) is 105 Å². The van der Waals surface area contributed by atoms with Crippen LogP contribution in [0, 0.1) is 0 Å². The van der Waals surface area contributed by atoms with Gasteiger partial charge in [-0.1, -0.05) is 0 Å². The fraction of sp³-hybridized carbons (Fsp3) is 0.727. The number of methoxy groups -OCH3 is 1. The number of carboxylic acids is 1. The highest BCUT2D eigenvalue weighted by Crippen LogP contribution is 2.08. The molecule has 0 aliphatic carbocycles. The fourth-order valence-electron chi connectivity index (χ4n) is 1.71. The van der Waals surface area contributed by atoms with Gasteiger partial charge in [0.15, 0.2) is 0 Å². The molecule has 0 saturated carbocycles. The van der Waals surface area contributed by atoms with E-state index < -0.39 is 18.0 Å². The lowest BCUT2D eigenvalue weighted by molar-refractivity contribution is -0.142. The third kappa shape index (κ3) is 5.56. The molecule has 1 aliphatic heterocycles. The Balaban J connectivity index is 2.31. The summed E-state index contributed by atoms with van der Waals surface area (Å²) >= 11 is 0. The summed E-state index contributed by atoms with van der Waals surface area (Å²) in [5.41, 5.74) is 0. The van der Waals surface area contributed by atoms with Gasteiger partial charge in [0, 0.05) is 19.6 Å². The molecule has 1 unspecified atom stereocenters. The van der Waals surface area contributed by atoms with E-state index >= 15 is 0 Å². The Morgan fingerprint density at radius 1 is 1.47 bits per heavy atom. The maximum Gasteiger partial charge on any atom is 0.317 e. The van der Waals surface area contributed by atoms with Crippen LogP contribution in [0.15, 0.2) is 0 Å². The molecule has 0 bridgehead atoms. The van der Waals surface area contributed by atoms with Crippen molar-refractivity contribution in [3.63, 3.8) is 0 Å². The molecule has 0 aromatic rings. The zero-order valence-corrected chi connectivity index (χ0v) is 10.8. The maximum absolute atomic E-state index is 11.8. The van der Waals surface area contributed by atoms with E-state index in [1.54, 1.807) is 0 Å². The molecule has 8 nitrogen and oxygen atoms in total. The summed E-state index contributed by atoms with van der Waals surface area (Å²) in [5, 5.41) is 11.2. The average molecular weight is 274 g/mol. The van der Waals surface area contributed by atoms with Crippen LogP contribution in [-0.4, -0.2) is 67.4 Å². The maximum atomic E-state index is 11.8. The lowest BCUT2D eigenvalue weighted by Gasteiger charge is -2.32. The first-order chi connectivity index (χ1) is 9.02. The molecule has 0 aromatic heterocycles. The van der Waals surface area contributed by atoms with E-state index in [1.165, 1.54) is 12.0 Å². The molecule has 19 heavy (non-hydrogen) atoms. The number of morpholine rings is 1. The zero-order chi connectivity index (χ0) is 14.3. The molecule has 8 heteroatoms. The van der Waals surface area contributed by atoms with Gasteiger partial charge in [0.1, 0.15) is 0 Å². The predicted molar refractivity (Wildman–Crippen MR) is 63.6 cm³/mol. The number of carboxylic acid groups (broad SMARTS) is 1. The van der Waals surface area contributed by atoms with Crippen LogP contribution in [0.4, 0.5) is 4.79 Å². The summed E-state index contributed by atoms with van der Waals surface area (Å²) in [6, 6.07) is -0.331. The highest BCUT2D eigenvalue weighted by molar-refractivity contribution is 5.76. The van der Waals surface area contributed by atoms with Crippen molar-refractivity contribution < 1.29 is 29.0 Å². The standard InChI is InChI=1S/C11H18N2O6/c1-18-10(16)2-3-12-11(17)13-4-5-19-8(7-13)6-9(14)15/h8H,2-7H2,1H3,(H,12,17)(H,14,15). The van der Waals surface area contributed by atoms with Crippen LogP contribution in [0.25, 0.3) is 0 Å². The summed E-state index contributed by atoms with van der Waals surface area (Å²) in [6.45, 7) is 1.13. The van der Waals surface area contributed by atoms with Crippen molar-refractivity contribution >= 4 is 18.0 Å². The first kappa shape index (κ1) is 15.2. The molecule has 2 amide bonds. The molecule has 1 saturated heterocycles. The Labute approximate surface area is 110 Å². The summed E-state index contributed by atoms with van der Waals surface area (Å²) in [5.74, 6) is -1.36. The second-order valence-corrected chi connectivity index (χ2v) is 4.09. The Bertz CT molecular complexity index is 346. The molecule has 108 valence electrons. The molecule has 0 radical (unpaired) electrons. The number of amides is 2. The molecule has 0 aromatic carbocycles. The molecule has 1 atom stereocenters. The largest absolute Gasteiger partial charge is 0.481 e. The first-order valence-corrected chi connectivity index (χ1v) is 5.96. The van der Waals surface area contributed by atoms with E-state index in [0.29, 0.717) is 13.2 Å². The minimum Gasteiger partial charge on any atom is -0.481 e. The molecule has 0 spiro atoms. The van der Waals surface area contributed by atoms with E-state index in [-0.39, 0.29) is 32.0 Å². The second-order valence-electron chi connectivity index (χ2n) is 4.09.